The molecule has 0 bridgehead atoms. The maximum Gasteiger partial charge on any atom is 0.0104 e. The lowest BCUT2D eigenvalue weighted by Gasteiger charge is -2.33. The van der Waals surface area contributed by atoms with E-state index in [1.54, 1.807) is 0 Å². The molecule has 0 aromatic heterocycles. The van der Waals surface area contributed by atoms with Crippen LogP contribution >= 0.6 is 0 Å². The topological polar surface area (TPSA) is 15.3 Å². The van der Waals surface area contributed by atoms with Crippen molar-refractivity contribution in [2.45, 2.75) is 76.8 Å². The smallest absolute Gasteiger partial charge is 0.0104 e. The van der Waals surface area contributed by atoms with E-state index in [-0.39, 0.29) is 0 Å². The molecule has 2 fully saturated rings. The van der Waals surface area contributed by atoms with Crippen LogP contribution in [0.15, 0.2) is 0 Å². The van der Waals surface area contributed by atoms with Gasteiger partial charge in [0.05, 0.1) is 0 Å². The molecule has 0 aromatic rings. The first kappa shape index (κ1) is 14.3. The molecule has 2 atom stereocenters. The van der Waals surface area contributed by atoms with E-state index < -0.39 is 0 Å². The molecule has 2 rings (SSSR count). The third-order valence-corrected chi connectivity index (χ3v) is 5.22. The van der Waals surface area contributed by atoms with Crippen molar-refractivity contribution in [3.8, 4) is 0 Å². The van der Waals surface area contributed by atoms with E-state index in [1.807, 2.05) is 0 Å². The second-order valence-corrected chi connectivity index (χ2v) is 6.56. The highest BCUT2D eigenvalue weighted by molar-refractivity contribution is 4.78. The Labute approximate surface area is 114 Å². The first-order valence-corrected chi connectivity index (χ1v) is 8.21. The zero-order valence-electron chi connectivity index (χ0n) is 12.5. The molecule has 2 heteroatoms. The highest BCUT2D eigenvalue weighted by Gasteiger charge is 2.21. The summed E-state index contributed by atoms with van der Waals surface area (Å²) in [5.74, 6) is 0.947. The highest BCUT2D eigenvalue weighted by atomic mass is 15.1. The van der Waals surface area contributed by atoms with E-state index in [2.05, 4.69) is 24.2 Å². The Morgan fingerprint density at radius 1 is 1.06 bits per heavy atom. The summed E-state index contributed by atoms with van der Waals surface area (Å²) in [6.45, 7) is 4.93. The van der Waals surface area contributed by atoms with Crippen molar-refractivity contribution in [2.75, 3.05) is 20.1 Å². The Kier molecular flexibility index (Phi) is 5.97. The summed E-state index contributed by atoms with van der Waals surface area (Å²) in [5.41, 5.74) is 0. The quantitative estimate of drug-likeness (QED) is 0.806. The molecule has 106 valence electrons. The van der Waals surface area contributed by atoms with Gasteiger partial charge in [-0.05, 0) is 65.1 Å². The van der Waals surface area contributed by atoms with Crippen molar-refractivity contribution >= 4 is 0 Å². The Morgan fingerprint density at radius 3 is 2.50 bits per heavy atom. The van der Waals surface area contributed by atoms with Crippen molar-refractivity contribution in [2.24, 2.45) is 5.92 Å². The summed E-state index contributed by atoms with van der Waals surface area (Å²) in [5, 5.41) is 3.79. The van der Waals surface area contributed by atoms with Crippen LogP contribution in [-0.4, -0.2) is 37.1 Å². The minimum Gasteiger partial charge on any atom is -0.314 e. The predicted molar refractivity (Wildman–Crippen MR) is 78.9 cm³/mol. The van der Waals surface area contributed by atoms with Gasteiger partial charge in [-0.1, -0.05) is 25.7 Å². The van der Waals surface area contributed by atoms with Gasteiger partial charge in [-0.3, -0.25) is 0 Å². The van der Waals surface area contributed by atoms with Crippen LogP contribution in [-0.2, 0) is 0 Å². The number of hydrogen-bond acceptors (Lipinski definition) is 2. The van der Waals surface area contributed by atoms with Gasteiger partial charge < -0.3 is 10.2 Å². The zero-order chi connectivity index (χ0) is 12.8. The maximum absolute atomic E-state index is 3.79. The van der Waals surface area contributed by atoms with E-state index in [9.17, 15) is 0 Å². The summed E-state index contributed by atoms with van der Waals surface area (Å²) >= 11 is 0. The fraction of sp³-hybridized carbons (Fsp3) is 1.00. The van der Waals surface area contributed by atoms with E-state index in [1.165, 1.54) is 70.9 Å². The maximum atomic E-state index is 3.79. The largest absolute Gasteiger partial charge is 0.314 e. The van der Waals surface area contributed by atoms with Gasteiger partial charge in [0.2, 0.25) is 0 Å². The predicted octanol–water partition coefficient (Wildman–Crippen LogP) is 3.42. The van der Waals surface area contributed by atoms with Crippen molar-refractivity contribution < 1.29 is 0 Å². The van der Waals surface area contributed by atoms with Gasteiger partial charge in [0.25, 0.3) is 0 Å². The summed E-state index contributed by atoms with van der Waals surface area (Å²) in [6.07, 6.45) is 12.9. The van der Waals surface area contributed by atoms with E-state index in [4.69, 9.17) is 0 Å². The molecule has 0 amide bonds. The molecule has 0 radical (unpaired) electrons. The molecule has 1 saturated heterocycles. The van der Waals surface area contributed by atoms with Crippen LogP contribution in [0.25, 0.3) is 0 Å². The number of rotatable bonds is 5. The van der Waals surface area contributed by atoms with Gasteiger partial charge in [0.15, 0.2) is 0 Å². The molecular weight excluding hydrogens is 220 g/mol. The molecule has 2 nitrogen and oxygen atoms in total. The van der Waals surface area contributed by atoms with Crippen LogP contribution in [0.3, 0.4) is 0 Å². The molecule has 1 aliphatic carbocycles. The van der Waals surface area contributed by atoms with Crippen LogP contribution in [0.1, 0.15) is 64.7 Å². The first-order chi connectivity index (χ1) is 8.77. The van der Waals surface area contributed by atoms with Gasteiger partial charge in [0.1, 0.15) is 0 Å². The summed E-state index contributed by atoms with van der Waals surface area (Å²) in [7, 11) is 2.30. The fourth-order valence-electron chi connectivity index (χ4n) is 3.79. The molecule has 2 aliphatic rings. The van der Waals surface area contributed by atoms with E-state index >= 15 is 0 Å². The van der Waals surface area contributed by atoms with E-state index in [0.717, 1.165) is 18.0 Å². The number of piperidine rings is 1. The lowest BCUT2D eigenvalue weighted by molar-refractivity contribution is 0.172. The Morgan fingerprint density at radius 2 is 1.78 bits per heavy atom. The SMILES string of the molecule is C[C@@H](NCCC1CCCCN1C)C1CCCCC1. The minimum atomic E-state index is 0.735. The molecule has 1 saturated carbocycles. The molecular formula is C16H32N2. The molecule has 0 spiro atoms. The second-order valence-electron chi connectivity index (χ2n) is 6.56. The second kappa shape index (κ2) is 7.49. The lowest BCUT2D eigenvalue weighted by Crippen LogP contribution is -2.41. The number of hydrogen-bond donors (Lipinski definition) is 1. The minimum absolute atomic E-state index is 0.735. The van der Waals surface area contributed by atoms with Crippen molar-refractivity contribution in [1.82, 2.24) is 10.2 Å². The van der Waals surface area contributed by atoms with Crippen LogP contribution in [0.5, 0.6) is 0 Å². The Bertz CT molecular complexity index is 223. The highest BCUT2D eigenvalue weighted by Crippen LogP contribution is 2.26. The van der Waals surface area contributed by atoms with Gasteiger partial charge in [-0.25, -0.2) is 0 Å². The van der Waals surface area contributed by atoms with Crippen LogP contribution in [0.4, 0.5) is 0 Å². The monoisotopic (exact) mass is 252 g/mol. The van der Waals surface area contributed by atoms with E-state index in [0.29, 0.717) is 0 Å². The number of nitrogens with one attached hydrogen (secondary N) is 1. The Hall–Kier alpha value is -0.0800. The molecule has 1 heterocycles. The van der Waals surface area contributed by atoms with Crippen molar-refractivity contribution in [3.63, 3.8) is 0 Å². The summed E-state index contributed by atoms with van der Waals surface area (Å²) in [6, 6.07) is 1.57. The fourth-order valence-corrected chi connectivity index (χ4v) is 3.79. The third-order valence-electron chi connectivity index (χ3n) is 5.22. The standard InChI is InChI=1S/C16H32N2/c1-14(15-8-4-3-5-9-15)17-12-11-16-10-6-7-13-18(16)2/h14-17H,3-13H2,1-2H3/t14-,16?/m1/s1. The lowest BCUT2D eigenvalue weighted by atomic mass is 9.84. The number of nitrogens with zero attached hydrogens (tertiary/aromatic N) is 1. The average Bonchev–Trinajstić information content (AvgIpc) is 2.42. The number of likely N-dealkylation sites (tertiary alicyclic amines) is 1. The first-order valence-electron chi connectivity index (χ1n) is 8.21. The molecule has 1 aliphatic heterocycles. The van der Waals surface area contributed by atoms with Gasteiger partial charge in [-0.15, -0.1) is 0 Å². The third kappa shape index (κ3) is 4.24. The summed E-state index contributed by atoms with van der Waals surface area (Å²) in [4.78, 5) is 2.57. The average molecular weight is 252 g/mol. The van der Waals surface area contributed by atoms with Gasteiger partial charge >= 0.3 is 0 Å². The normalized spacial score (nSPS) is 29.3. The molecule has 18 heavy (non-hydrogen) atoms. The Balaban J connectivity index is 1.61. The molecule has 1 unspecified atom stereocenters. The van der Waals surface area contributed by atoms with Crippen LogP contribution < -0.4 is 5.32 Å². The van der Waals surface area contributed by atoms with Gasteiger partial charge in [0, 0.05) is 12.1 Å². The van der Waals surface area contributed by atoms with Gasteiger partial charge in [-0.2, -0.15) is 0 Å². The van der Waals surface area contributed by atoms with Crippen molar-refractivity contribution in [3.05, 3.63) is 0 Å². The van der Waals surface area contributed by atoms with Crippen molar-refractivity contribution in [1.29, 1.82) is 0 Å². The zero-order valence-corrected chi connectivity index (χ0v) is 12.5. The molecule has 1 N–H and O–H groups in total. The van der Waals surface area contributed by atoms with Crippen LogP contribution in [0, 0.1) is 5.92 Å². The summed E-state index contributed by atoms with van der Waals surface area (Å²) < 4.78 is 0. The van der Waals surface area contributed by atoms with Crippen LogP contribution in [0.2, 0.25) is 0 Å². The molecule has 0 aromatic carbocycles.